The van der Waals surface area contributed by atoms with Crippen LogP contribution >= 0.6 is 23.4 Å². The molecule has 128 valence electrons. The van der Waals surface area contributed by atoms with Crippen LogP contribution in [0, 0.1) is 0 Å². The predicted octanol–water partition coefficient (Wildman–Crippen LogP) is 4.89. The maximum absolute atomic E-state index is 13.1. The van der Waals surface area contributed by atoms with Crippen molar-refractivity contribution in [2.45, 2.75) is 57.2 Å². The predicted molar refractivity (Wildman–Crippen MR) is 99.8 cm³/mol. The van der Waals surface area contributed by atoms with Crippen molar-refractivity contribution in [3.63, 3.8) is 0 Å². The summed E-state index contributed by atoms with van der Waals surface area (Å²) in [5.41, 5.74) is 1.32. The molecular weight excluding hydrogens is 342 g/mol. The molecule has 0 unspecified atom stereocenters. The first-order valence-electron chi connectivity index (χ1n) is 8.54. The molecule has 0 saturated heterocycles. The summed E-state index contributed by atoms with van der Waals surface area (Å²) in [5.74, 6) is -0.257. The lowest BCUT2D eigenvalue weighted by atomic mass is 9.94. The van der Waals surface area contributed by atoms with Crippen molar-refractivity contribution >= 4 is 40.8 Å². The van der Waals surface area contributed by atoms with Crippen LogP contribution in [0.2, 0.25) is 5.02 Å². The fourth-order valence-corrected chi connectivity index (χ4v) is 4.53. The quantitative estimate of drug-likeness (QED) is 0.714. The molecule has 1 aromatic rings. The van der Waals surface area contributed by atoms with E-state index in [1.165, 1.54) is 23.1 Å². The molecule has 1 aliphatic heterocycles. The molecule has 0 aromatic heterocycles. The van der Waals surface area contributed by atoms with Gasteiger partial charge in [-0.05, 0) is 30.5 Å². The van der Waals surface area contributed by atoms with Gasteiger partial charge in [0, 0.05) is 16.3 Å². The van der Waals surface area contributed by atoms with Gasteiger partial charge in [-0.15, -0.1) is 11.8 Å². The summed E-state index contributed by atoms with van der Waals surface area (Å²) in [6, 6.07) is 7.24. The van der Waals surface area contributed by atoms with E-state index in [1.807, 2.05) is 26.0 Å². The van der Waals surface area contributed by atoms with Crippen LogP contribution in [0.15, 0.2) is 29.2 Å². The fraction of sp³-hybridized carbons (Fsp3) is 0.474. The van der Waals surface area contributed by atoms with Crippen LogP contribution in [0.3, 0.4) is 0 Å². The van der Waals surface area contributed by atoms with E-state index in [0.29, 0.717) is 15.5 Å². The fourth-order valence-electron chi connectivity index (χ4n) is 3.41. The Morgan fingerprint density at radius 1 is 1.04 bits per heavy atom. The van der Waals surface area contributed by atoms with Crippen LogP contribution < -0.4 is 0 Å². The molecule has 1 fully saturated rings. The van der Waals surface area contributed by atoms with Gasteiger partial charge < -0.3 is 0 Å². The minimum atomic E-state index is -0.141. The van der Waals surface area contributed by atoms with E-state index in [9.17, 15) is 9.59 Å². The van der Waals surface area contributed by atoms with Crippen molar-refractivity contribution in [2.24, 2.45) is 0 Å². The summed E-state index contributed by atoms with van der Waals surface area (Å²) in [4.78, 5) is 28.2. The van der Waals surface area contributed by atoms with Crippen molar-refractivity contribution in [2.75, 3.05) is 0 Å². The van der Waals surface area contributed by atoms with E-state index in [0.717, 1.165) is 31.2 Å². The number of nitrogens with zero attached hydrogens (tertiary/aromatic N) is 1. The summed E-state index contributed by atoms with van der Waals surface area (Å²) in [7, 11) is 0. The third-order valence-electron chi connectivity index (χ3n) is 4.50. The number of thioether (sulfide) groups is 1. The topological polar surface area (TPSA) is 37.4 Å². The van der Waals surface area contributed by atoms with Gasteiger partial charge in [-0.3, -0.25) is 14.5 Å². The van der Waals surface area contributed by atoms with Crippen LogP contribution in [0.1, 0.15) is 51.5 Å². The maximum atomic E-state index is 13.1. The highest BCUT2D eigenvalue weighted by molar-refractivity contribution is 8.04. The molecule has 2 amide bonds. The molecule has 2 aliphatic rings. The van der Waals surface area contributed by atoms with E-state index in [4.69, 9.17) is 11.6 Å². The van der Waals surface area contributed by atoms with Gasteiger partial charge in [0.2, 0.25) is 0 Å². The second kappa shape index (κ2) is 7.32. The van der Waals surface area contributed by atoms with Crippen LogP contribution in [-0.4, -0.2) is 28.0 Å². The van der Waals surface area contributed by atoms with Gasteiger partial charge in [0.15, 0.2) is 0 Å². The van der Waals surface area contributed by atoms with Gasteiger partial charge in [0.25, 0.3) is 11.8 Å². The lowest BCUT2D eigenvalue weighted by Crippen LogP contribution is -2.42. The smallest absolute Gasteiger partial charge is 0.268 e. The zero-order valence-electron chi connectivity index (χ0n) is 14.0. The van der Waals surface area contributed by atoms with Gasteiger partial charge in [-0.1, -0.05) is 56.8 Å². The first-order chi connectivity index (χ1) is 11.5. The van der Waals surface area contributed by atoms with Crippen LogP contribution in [0.5, 0.6) is 0 Å². The van der Waals surface area contributed by atoms with Crippen molar-refractivity contribution in [3.8, 4) is 0 Å². The Balaban J connectivity index is 1.99. The van der Waals surface area contributed by atoms with E-state index < -0.39 is 0 Å². The lowest BCUT2D eigenvalue weighted by molar-refractivity contribution is -0.139. The van der Waals surface area contributed by atoms with Gasteiger partial charge in [-0.2, -0.15) is 0 Å². The molecular formula is C19H22ClNO2S. The first-order valence-corrected chi connectivity index (χ1v) is 9.79. The summed E-state index contributed by atoms with van der Waals surface area (Å²) in [6.07, 6.45) is 5.21. The number of carbonyl (C=O) groups is 2. The Morgan fingerprint density at radius 3 is 2.25 bits per heavy atom. The van der Waals surface area contributed by atoms with Crippen LogP contribution in [0.25, 0.3) is 5.57 Å². The third kappa shape index (κ3) is 3.40. The summed E-state index contributed by atoms with van der Waals surface area (Å²) < 4.78 is 0. The van der Waals surface area contributed by atoms with Gasteiger partial charge in [-0.25, -0.2) is 0 Å². The zero-order chi connectivity index (χ0) is 17.3. The molecule has 0 bridgehead atoms. The minimum Gasteiger partial charge on any atom is -0.271 e. The molecule has 0 N–H and O–H groups in total. The Bertz CT molecular complexity index is 675. The Hall–Kier alpha value is -1.26. The maximum Gasteiger partial charge on any atom is 0.268 e. The Labute approximate surface area is 152 Å². The molecule has 1 aliphatic carbocycles. The lowest BCUT2D eigenvalue weighted by Gasteiger charge is -2.30. The normalized spacial score (nSPS) is 19.8. The van der Waals surface area contributed by atoms with Crippen LogP contribution in [-0.2, 0) is 9.59 Å². The average molecular weight is 364 g/mol. The van der Waals surface area contributed by atoms with Crippen LogP contribution in [0.4, 0.5) is 0 Å². The highest BCUT2D eigenvalue weighted by atomic mass is 35.5. The first kappa shape index (κ1) is 17.6. The standard InChI is InChI=1S/C19H22ClNO2S/c1-12(2)24-17-16(13-8-10-14(20)11-9-13)18(22)21(19(17)23)15-6-4-3-5-7-15/h8-12,15H,3-7H2,1-2H3. The monoisotopic (exact) mass is 363 g/mol. The Morgan fingerprint density at radius 2 is 1.67 bits per heavy atom. The van der Waals surface area contributed by atoms with E-state index in [-0.39, 0.29) is 23.1 Å². The highest BCUT2D eigenvalue weighted by Crippen LogP contribution is 2.40. The number of carbonyl (C=O) groups excluding carboxylic acids is 2. The second-order valence-electron chi connectivity index (χ2n) is 6.65. The summed E-state index contributed by atoms with van der Waals surface area (Å²) in [5, 5.41) is 0.865. The number of halogens is 1. The SMILES string of the molecule is CC(C)SC1=C(c2ccc(Cl)cc2)C(=O)N(C2CCCCC2)C1=O. The molecule has 1 aromatic carbocycles. The molecule has 5 heteroatoms. The minimum absolute atomic E-state index is 0.0475. The molecule has 0 spiro atoms. The largest absolute Gasteiger partial charge is 0.271 e. The Kier molecular flexibility index (Phi) is 5.36. The van der Waals surface area contributed by atoms with Crippen molar-refractivity contribution in [3.05, 3.63) is 39.8 Å². The molecule has 1 saturated carbocycles. The number of amides is 2. The number of hydrogen-bond acceptors (Lipinski definition) is 3. The van der Waals surface area contributed by atoms with E-state index >= 15 is 0 Å². The summed E-state index contributed by atoms with van der Waals surface area (Å²) >= 11 is 7.45. The van der Waals surface area contributed by atoms with Gasteiger partial charge >= 0.3 is 0 Å². The molecule has 3 nitrogen and oxygen atoms in total. The van der Waals surface area contributed by atoms with Crippen molar-refractivity contribution in [1.29, 1.82) is 0 Å². The molecule has 1 heterocycles. The number of hydrogen-bond donors (Lipinski definition) is 0. The van der Waals surface area contributed by atoms with Crippen molar-refractivity contribution < 1.29 is 9.59 Å². The zero-order valence-corrected chi connectivity index (χ0v) is 15.6. The molecule has 0 radical (unpaired) electrons. The highest BCUT2D eigenvalue weighted by Gasteiger charge is 2.43. The van der Waals surface area contributed by atoms with E-state index in [2.05, 4.69) is 0 Å². The third-order valence-corrected chi connectivity index (χ3v) is 5.84. The summed E-state index contributed by atoms with van der Waals surface area (Å²) in [6.45, 7) is 4.08. The molecule has 3 rings (SSSR count). The van der Waals surface area contributed by atoms with Gasteiger partial charge in [0.05, 0.1) is 10.5 Å². The average Bonchev–Trinajstić information content (AvgIpc) is 2.79. The number of imide groups is 1. The van der Waals surface area contributed by atoms with Gasteiger partial charge in [0.1, 0.15) is 0 Å². The molecule has 0 atom stereocenters. The number of benzene rings is 1. The van der Waals surface area contributed by atoms with Crippen molar-refractivity contribution in [1.82, 2.24) is 4.90 Å². The van der Waals surface area contributed by atoms with E-state index in [1.54, 1.807) is 12.1 Å². The molecule has 24 heavy (non-hydrogen) atoms. The second-order valence-corrected chi connectivity index (χ2v) is 8.67. The number of rotatable bonds is 4.